The van der Waals surface area contributed by atoms with Crippen LogP contribution in [0, 0.1) is 0 Å². The smallest absolute Gasteiger partial charge is 0.268 e. The fourth-order valence-electron chi connectivity index (χ4n) is 1.80. The summed E-state index contributed by atoms with van der Waals surface area (Å²) in [6.07, 6.45) is 1.68. The Morgan fingerprint density at radius 1 is 1.19 bits per heavy atom. The zero-order valence-electron chi connectivity index (χ0n) is 9.05. The molecule has 0 atom stereocenters. The molecule has 0 unspecified atom stereocenters. The summed E-state index contributed by atoms with van der Waals surface area (Å²) >= 11 is 0. The fourth-order valence-corrected chi connectivity index (χ4v) is 5.78. The van der Waals surface area contributed by atoms with Crippen molar-refractivity contribution in [1.29, 1.82) is 0 Å². The molecular weight excluding hydrogens is 254 g/mol. The summed E-state index contributed by atoms with van der Waals surface area (Å²) in [4.78, 5) is 0. The first-order valence-electron chi connectivity index (χ1n) is 5.11. The van der Waals surface area contributed by atoms with Gasteiger partial charge in [-0.1, -0.05) is 0 Å². The number of hydrogen-bond acceptors (Lipinski definition) is 5. The molecule has 6 nitrogen and oxygen atoms in total. The highest BCUT2D eigenvalue weighted by molar-refractivity contribution is 7.93. The molecule has 1 saturated heterocycles. The van der Waals surface area contributed by atoms with Gasteiger partial charge < -0.3 is 0 Å². The van der Waals surface area contributed by atoms with Crippen molar-refractivity contribution < 1.29 is 21.0 Å². The van der Waals surface area contributed by atoms with E-state index in [1.165, 1.54) is 4.31 Å². The van der Waals surface area contributed by atoms with Crippen molar-refractivity contribution in [1.82, 2.24) is 4.31 Å². The molecule has 0 N–H and O–H groups in total. The molecule has 94 valence electrons. The van der Waals surface area contributed by atoms with Crippen LogP contribution in [0.2, 0.25) is 0 Å². The molecule has 0 radical (unpaired) electrons. The Hall–Kier alpha value is -0.180. The highest BCUT2D eigenvalue weighted by Gasteiger charge is 2.59. The second-order valence-corrected chi connectivity index (χ2v) is 8.38. The van der Waals surface area contributed by atoms with Gasteiger partial charge in [0, 0.05) is 13.1 Å². The van der Waals surface area contributed by atoms with Crippen LogP contribution in [0.1, 0.15) is 19.3 Å². The first-order valence-corrected chi connectivity index (χ1v) is 8.13. The minimum Gasteiger partial charge on any atom is -0.273 e. The third-order valence-corrected chi connectivity index (χ3v) is 7.49. The second kappa shape index (κ2) is 3.66. The Morgan fingerprint density at radius 2 is 1.75 bits per heavy atom. The van der Waals surface area contributed by atoms with Gasteiger partial charge in [-0.15, -0.1) is 0 Å². The van der Waals surface area contributed by atoms with E-state index in [0.717, 1.165) is 13.5 Å². The van der Waals surface area contributed by atoms with E-state index in [0.29, 0.717) is 25.9 Å². The molecule has 0 bridgehead atoms. The molecule has 0 spiro atoms. The predicted octanol–water partition coefficient (Wildman–Crippen LogP) is -0.469. The Balaban J connectivity index is 2.20. The number of sulfonamides is 1. The van der Waals surface area contributed by atoms with Gasteiger partial charge in [0.1, 0.15) is 4.75 Å². The standard InChI is InChI=1S/C8H15NO5S2/c1-14-15(10,11)7-8(3-4-8)16(12,13)9-5-2-6-9/h2-7H2,1H3. The predicted molar refractivity (Wildman–Crippen MR) is 57.9 cm³/mol. The highest BCUT2D eigenvalue weighted by atomic mass is 32.2. The monoisotopic (exact) mass is 269 g/mol. The van der Waals surface area contributed by atoms with E-state index < -0.39 is 30.6 Å². The lowest BCUT2D eigenvalue weighted by Gasteiger charge is -2.33. The first kappa shape index (κ1) is 12.3. The molecule has 1 saturated carbocycles. The van der Waals surface area contributed by atoms with Gasteiger partial charge in [0.2, 0.25) is 10.0 Å². The summed E-state index contributed by atoms with van der Waals surface area (Å²) in [6, 6.07) is 0. The van der Waals surface area contributed by atoms with Crippen molar-refractivity contribution in [2.75, 3.05) is 26.0 Å². The Labute approximate surface area is 95.8 Å². The van der Waals surface area contributed by atoms with Gasteiger partial charge in [0.15, 0.2) is 0 Å². The number of nitrogens with zero attached hydrogens (tertiary/aromatic N) is 1. The van der Waals surface area contributed by atoms with Gasteiger partial charge in [-0.3, -0.25) is 4.18 Å². The largest absolute Gasteiger partial charge is 0.273 e. The van der Waals surface area contributed by atoms with Crippen molar-refractivity contribution in [2.24, 2.45) is 0 Å². The molecule has 2 rings (SSSR count). The Kier molecular flexibility index (Phi) is 2.81. The SMILES string of the molecule is COS(=O)(=O)CC1(S(=O)(=O)N2CCC2)CC1. The topological polar surface area (TPSA) is 80.8 Å². The normalized spacial score (nSPS) is 25.1. The quantitative estimate of drug-likeness (QED) is 0.630. The van der Waals surface area contributed by atoms with Gasteiger partial charge in [-0.05, 0) is 19.3 Å². The average Bonchev–Trinajstić information content (AvgIpc) is 2.81. The van der Waals surface area contributed by atoms with E-state index in [-0.39, 0.29) is 0 Å². The lowest BCUT2D eigenvalue weighted by atomic mass is 10.3. The van der Waals surface area contributed by atoms with Crippen LogP contribution in [0.3, 0.4) is 0 Å². The molecule has 0 aromatic rings. The maximum Gasteiger partial charge on any atom is 0.268 e. The average molecular weight is 269 g/mol. The summed E-state index contributed by atoms with van der Waals surface area (Å²) < 4.78 is 51.4. The second-order valence-electron chi connectivity index (χ2n) is 4.31. The molecule has 0 amide bonds. The summed E-state index contributed by atoms with van der Waals surface area (Å²) in [6.45, 7) is 1.02. The van der Waals surface area contributed by atoms with Gasteiger partial charge in [0.05, 0.1) is 12.9 Å². The molecular formula is C8H15NO5S2. The molecule has 16 heavy (non-hydrogen) atoms. The van der Waals surface area contributed by atoms with E-state index >= 15 is 0 Å². The van der Waals surface area contributed by atoms with E-state index in [1.54, 1.807) is 0 Å². The van der Waals surface area contributed by atoms with Crippen LogP contribution in [0.25, 0.3) is 0 Å². The summed E-state index contributed by atoms with van der Waals surface area (Å²) in [5.41, 5.74) is 0. The number of rotatable bonds is 5. The number of hydrogen-bond donors (Lipinski definition) is 0. The minimum absolute atomic E-state index is 0.411. The van der Waals surface area contributed by atoms with Crippen LogP contribution in [0.4, 0.5) is 0 Å². The van der Waals surface area contributed by atoms with Gasteiger partial charge in [0.25, 0.3) is 10.1 Å². The maximum atomic E-state index is 12.1. The zero-order chi connectivity index (χ0) is 12.0. The van der Waals surface area contributed by atoms with Crippen molar-refractivity contribution in [2.45, 2.75) is 24.0 Å². The van der Waals surface area contributed by atoms with E-state index in [2.05, 4.69) is 4.18 Å². The summed E-state index contributed by atoms with van der Waals surface area (Å²) in [5, 5.41) is 0. The Bertz CT molecular complexity index is 473. The Morgan fingerprint density at radius 3 is 2.06 bits per heavy atom. The fraction of sp³-hybridized carbons (Fsp3) is 1.00. The van der Waals surface area contributed by atoms with E-state index in [1.807, 2.05) is 0 Å². The maximum absolute atomic E-state index is 12.1. The third kappa shape index (κ3) is 1.87. The molecule has 2 fully saturated rings. The molecule has 8 heteroatoms. The highest BCUT2D eigenvalue weighted by Crippen LogP contribution is 2.47. The van der Waals surface area contributed by atoms with E-state index in [9.17, 15) is 16.8 Å². The van der Waals surface area contributed by atoms with Crippen LogP contribution in [-0.4, -0.2) is 51.8 Å². The van der Waals surface area contributed by atoms with Crippen LogP contribution in [0.15, 0.2) is 0 Å². The molecule has 1 aliphatic carbocycles. The van der Waals surface area contributed by atoms with Crippen molar-refractivity contribution in [3.05, 3.63) is 0 Å². The minimum atomic E-state index is -3.72. The molecule has 0 aromatic carbocycles. The lowest BCUT2D eigenvalue weighted by Crippen LogP contribution is -2.49. The van der Waals surface area contributed by atoms with Crippen molar-refractivity contribution in [3.63, 3.8) is 0 Å². The van der Waals surface area contributed by atoms with Crippen molar-refractivity contribution in [3.8, 4) is 0 Å². The molecule has 1 aliphatic heterocycles. The molecule has 1 heterocycles. The van der Waals surface area contributed by atoms with Crippen LogP contribution in [-0.2, 0) is 24.3 Å². The molecule has 0 aromatic heterocycles. The van der Waals surface area contributed by atoms with Crippen LogP contribution >= 0.6 is 0 Å². The van der Waals surface area contributed by atoms with E-state index in [4.69, 9.17) is 0 Å². The summed E-state index contributed by atoms with van der Waals surface area (Å²) in [7, 11) is -6.12. The van der Waals surface area contributed by atoms with Crippen LogP contribution in [0.5, 0.6) is 0 Å². The molecule has 2 aliphatic rings. The van der Waals surface area contributed by atoms with Gasteiger partial charge in [-0.2, -0.15) is 8.42 Å². The zero-order valence-corrected chi connectivity index (χ0v) is 10.7. The van der Waals surface area contributed by atoms with Crippen LogP contribution < -0.4 is 0 Å². The lowest BCUT2D eigenvalue weighted by molar-refractivity contribution is 0.304. The van der Waals surface area contributed by atoms with Crippen molar-refractivity contribution >= 4 is 20.1 Å². The summed E-state index contributed by atoms with van der Waals surface area (Å²) in [5.74, 6) is -0.421. The third-order valence-electron chi connectivity index (χ3n) is 3.20. The van der Waals surface area contributed by atoms with Gasteiger partial charge in [-0.25, -0.2) is 12.7 Å². The van der Waals surface area contributed by atoms with Gasteiger partial charge >= 0.3 is 0 Å². The first-order chi connectivity index (χ1) is 7.33.